The molecule has 3 amide bonds. The molecule has 2 aromatic carbocycles. The van der Waals surface area contributed by atoms with Crippen molar-refractivity contribution >= 4 is 34.7 Å². The van der Waals surface area contributed by atoms with Crippen molar-refractivity contribution in [3.05, 3.63) is 59.2 Å². The zero-order valence-corrected chi connectivity index (χ0v) is 18.5. The molecule has 2 heterocycles. The van der Waals surface area contributed by atoms with Gasteiger partial charge in [-0.05, 0) is 56.5 Å². The van der Waals surface area contributed by atoms with Crippen molar-refractivity contribution in [2.75, 3.05) is 26.0 Å². The van der Waals surface area contributed by atoms with Crippen LogP contribution in [-0.2, 0) is 0 Å². The van der Waals surface area contributed by atoms with E-state index in [1.165, 1.54) is 4.90 Å². The summed E-state index contributed by atoms with van der Waals surface area (Å²) in [4.78, 5) is 44.5. The fourth-order valence-corrected chi connectivity index (χ4v) is 4.05. The molecule has 0 saturated carbocycles. The van der Waals surface area contributed by atoms with Crippen molar-refractivity contribution in [2.24, 2.45) is 0 Å². The summed E-state index contributed by atoms with van der Waals surface area (Å²) in [6.45, 7) is 2.61. The van der Waals surface area contributed by atoms with Crippen LogP contribution in [0.4, 0.5) is 5.95 Å². The summed E-state index contributed by atoms with van der Waals surface area (Å²) in [7, 11) is 3.43. The zero-order chi connectivity index (χ0) is 22.8. The molecule has 4 rings (SSSR count). The Bertz CT molecular complexity index is 1200. The van der Waals surface area contributed by atoms with Crippen LogP contribution in [-0.4, -0.2) is 52.8 Å². The van der Waals surface area contributed by atoms with Crippen LogP contribution < -0.4 is 10.6 Å². The maximum absolute atomic E-state index is 13.1. The lowest BCUT2D eigenvalue weighted by atomic mass is 10.1. The van der Waals surface area contributed by atoms with Gasteiger partial charge in [-0.15, -0.1) is 0 Å². The van der Waals surface area contributed by atoms with Gasteiger partial charge in [0.25, 0.3) is 17.7 Å². The predicted octanol–water partition coefficient (Wildman–Crippen LogP) is 3.47. The molecule has 1 aliphatic rings. The Morgan fingerprint density at radius 2 is 1.78 bits per heavy atom. The predicted molar refractivity (Wildman–Crippen MR) is 123 cm³/mol. The topological polar surface area (TPSA) is 96.3 Å². The summed E-state index contributed by atoms with van der Waals surface area (Å²) < 4.78 is 1.96. The molecule has 2 N–H and O–H groups in total. The molecule has 0 saturated heterocycles. The Morgan fingerprint density at radius 1 is 1.06 bits per heavy atom. The maximum Gasteiger partial charge on any atom is 0.257 e. The highest BCUT2D eigenvalue weighted by Crippen LogP contribution is 2.30. The van der Waals surface area contributed by atoms with Crippen molar-refractivity contribution in [1.82, 2.24) is 19.8 Å². The van der Waals surface area contributed by atoms with E-state index in [4.69, 9.17) is 0 Å². The molecular formula is C24H27N5O3. The quantitative estimate of drug-likeness (QED) is 0.614. The fraction of sp³-hybridized carbons (Fsp3) is 0.333. The fourth-order valence-electron chi connectivity index (χ4n) is 4.05. The summed E-state index contributed by atoms with van der Waals surface area (Å²) in [5.41, 5.74) is 2.71. The highest BCUT2D eigenvalue weighted by molar-refractivity contribution is 6.08. The maximum atomic E-state index is 13.1. The normalized spacial score (nSPS) is 17.2. The van der Waals surface area contributed by atoms with Crippen LogP contribution in [0.1, 0.15) is 63.3 Å². The van der Waals surface area contributed by atoms with E-state index in [0.717, 1.165) is 19.3 Å². The number of amides is 3. The van der Waals surface area contributed by atoms with Gasteiger partial charge in [-0.3, -0.25) is 19.7 Å². The van der Waals surface area contributed by atoms with Crippen molar-refractivity contribution < 1.29 is 14.4 Å². The third kappa shape index (κ3) is 4.08. The zero-order valence-electron chi connectivity index (χ0n) is 18.5. The third-order valence-corrected chi connectivity index (χ3v) is 5.73. The van der Waals surface area contributed by atoms with Crippen LogP contribution in [0.15, 0.2) is 42.5 Å². The Kier molecular flexibility index (Phi) is 5.94. The average Bonchev–Trinajstić information content (AvgIpc) is 3.15. The van der Waals surface area contributed by atoms with E-state index in [1.807, 2.05) is 10.6 Å². The van der Waals surface area contributed by atoms with Crippen LogP contribution in [0.2, 0.25) is 0 Å². The molecule has 0 aliphatic carbocycles. The highest BCUT2D eigenvalue weighted by Gasteiger charge is 2.24. The highest BCUT2D eigenvalue weighted by atomic mass is 16.2. The molecule has 1 atom stereocenters. The molecule has 0 unspecified atom stereocenters. The number of fused-ring (bicyclic) bond motifs is 5. The van der Waals surface area contributed by atoms with Gasteiger partial charge in [-0.2, -0.15) is 0 Å². The number of imidazole rings is 1. The second-order valence-electron chi connectivity index (χ2n) is 8.31. The van der Waals surface area contributed by atoms with E-state index in [2.05, 4.69) is 22.5 Å². The van der Waals surface area contributed by atoms with Crippen LogP contribution in [0.5, 0.6) is 0 Å². The molecule has 8 heteroatoms. The van der Waals surface area contributed by atoms with Crippen LogP contribution in [0.3, 0.4) is 0 Å². The van der Waals surface area contributed by atoms with Gasteiger partial charge in [0.1, 0.15) is 0 Å². The second-order valence-corrected chi connectivity index (χ2v) is 8.31. The van der Waals surface area contributed by atoms with Gasteiger partial charge in [-0.25, -0.2) is 4.98 Å². The van der Waals surface area contributed by atoms with Gasteiger partial charge in [-0.1, -0.05) is 12.1 Å². The van der Waals surface area contributed by atoms with E-state index >= 15 is 0 Å². The summed E-state index contributed by atoms with van der Waals surface area (Å²) >= 11 is 0. The largest absolute Gasteiger partial charge is 0.352 e. The number of hydrogen-bond donors (Lipinski definition) is 2. The molecule has 1 aliphatic heterocycles. The average molecular weight is 434 g/mol. The number of nitrogens with one attached hydrogen (secondary N) is 2. The van der Waals surface area contributed by atoms with E-state index in [0.29, 0.717) is 40.2 Å². The van der Waals surface area contributed by atoms with Crippen LogP contribution >= 0.6 is 0 Å². The number of aromatic nitrogens is 2. The van der Waals surface area contributed by atoms with Gasteiger partial charge >= 0.3 is 0 Å². The van der Waals surface area contributed by atoms with Crippen LogP contribution in [0.25, 0.3) is 11.0 Å². The Balaban J connectivity index is 1.86. The van der Waals surface area contributed by atoms with Crippen molar-refractivity contribution in [1.29, 1.82) is 0 Å². The minimum absolute atomic E-state index is 0.0172. The van der Waals surface area contributed by atoms with E-state index in [1.54, 1.807) is 50.5 Å². The van der Waals surface area contributed by atoms with E-state index < -0.39 is 0 Å². The number of rotatable bonds is 1. The standard InChI is InChI=1S/C24H27N5O3/c1-15-8-4-5-13-25-21(30)16-9-6-10-17(14-16)22(31)27-24-26-19-12-7-11-18(20(19)29(15)24)23(32)28(2)3/h6-7,9-12,14-15H,4-5,8,13H2,1-3H3,(H,25,30)(H,26,27,31)/t15-/m1/s1. The summed E-state index contributed by atoms with van der Waals surface area (Å²) in [5, 5.41) is 5.82. The molecule has 0 fully saturated rings. The monoisotopic (exact) mass is 433 g/mol. The van der Waals surface area contributed by atoms with Crippen molar-refractivity contribution in [3.8, 4) is 0 Å². The molecule has 8 nitrogen and oxygen atoms in total. The number of carbonyl (C=O) groups excluding carboxylic acids is 3. The molecule has 2 bridgehead atoms. The first kappa shape index (κ1) is 21.5. The van der Waals surface area contributed by atoms with Crippen molar-refractivity contribution in [2.45, 2.75) is 32.2 Å². The second kappa shape index (κ2) is 8.82. The molecular weight excluding hydrogens is 406 g/mol. The molecule has 32 heavy (non-hydrogen) atoms. The van der Waals surface area contributed by atoms with Gasteiger partial charge in [0.05, 0.1) is 16.6 Å². The number of anilines is 1. The minimum atomic E-state index is -0.360. The van der Waals surface area contributed by atoms with Gasteiger partial charge in [0.2, 0.25) is 5.95 Å². The first-order chi connectivity index (χ1) is 15.4. The van der Waals surface area contributed by atoms with Gasteiger partial charge in [0.15, 0.2) is 0 Å². The lowest BCUT2D eigenvalue weighted by molar-refractivity contribution is 0.0828. The number of para-hydroxylation sites is 1. The van der Waals surface area contributed by atoms with Gasteiger partial charge in [0, 0.05) is 37.8 Å². The number of benzene rings is 2. The third-order valence-electron chi connectivity index (χ3n) is 5.73. The smallest absolute Gasteiger partial charge is 0.257 e. The number of nitrogens with zero attached hydrogens (tertiary/aromatic N) is 3. The summed E-state index contributed by atoms with van der Waals surface area (Å²) in [6.07, 6.45) is 2.51. The van der Waals surface area contributed by atoms with E-state index in [9.17, 15) is 14.4 Å². The lowest BCUT2D eigenvalue weighted by Gasteiger charge is -2.20. The summed E-state index contributed by atoms with van der Waals surface area (Å²) in [6, 6.07) is 12.0. The number of carbonyl (C=O) groups is 3. The summed E-state index contributed by atoms with van der Waals surface area (Å²) in [5.74, 6) is -0.278. The number of hydrogen-bond acceptors (Lipinski definition) is 4. The lowest BCUT2D eigenvalue weighted by Crippen LogP contribution is -2.26. The SMILES string of the molecule is C[C@@H]1CCCCNC(=O)c2cccc(c2)C(=O)Nc2nc3cccc(C(=O)N(C)C)c3n21. The molecule has 166 valence electrons. The van der Waals surface area contributed by atoms with Crippen LogP contribution in [0, 0.1) is 0 Å². The molecule has 3 aromatic rings. The molecule has 1 aromatic heterocycles. The van der Waals surface area contributed by atoms with E-state index in [-0.39, 0.29) is 23.8 Å². The minimum Gasteiger partial charge on any atom is -0.352 e. The Morgan fingerprint density at radius 3 is 2.53 bits per heavy atom. The van der Waals surface area contributed by atoms with Crippen molar-refractivity contribution in [3.63, 3.8) is 0 Å². The Hall–Kier alpha value is -3.68. The first-order valence-electron chi connectivity index (χ1n) is 10.8. The first-order valence-corrected chi connectivity index (χ1v) is 10.8. The molecule has 0 radical (unpaired) electrons. The molecule has 0 spiro atoms. The van der Waals surface area contributed by atoms with Gasteiger partial charge < -0.3 is 14.8 Å². The Labute approximate surface area is 186 Å².